The molecule has 1 aliphatic heterocycles. The minimum atomic E-state index is -0.472. The van der Waals surface area contributed by atoms with Crippen LogP contribution in [0.25, 0.3) is 0 Å². The van der Waals surface area contributed by atoms with Gasteiger partial charge in [-0.25, -0.2) is 9.78 Å². The maximum absolute atomic E-state index is 11.7. The smallest absolute Gasteiger partial charge is 0.407 e. The van der Waals surface area contributed by atoms with Crippen LogP contribution in [0, 0.1) is 0 Å². The van der Waals surface area contributed by atoms with Gasteiger partial charge in [0.25, 0.3) is 0 Å². The summed E-state index contributed by atoms with van der Waals surface area (Å²) in [6.45, 7) is 7.14. The predicted molar refractivity (Wildman–Crippen MR) is 79.2 cm³/mol. The highest BCUT2D eigenvalue weighted by Gasteiger charge is 2.26. The largest absolute Gasteiger partial charge is 0.444 e. The van der Waals surface area contributed by atoms with Crippen molar-refractivity contribution < 1.29 is 9.53 Å². The van der Waals surface area contributed by atoms with E-state index in [1.165, 1.54) is 0 Å². The number of carbonyl (C=O) groups excluding carboxylic acids is 1. The van der Waals surface area contributed by atoms with Crippen molar-refractivity contribution in [3.63, 3.8) is 0 Å². The Morgan fingerprint density at radius 3 is 2.85 bits per heavy atom. The van der Waals surface area contributed by atoms with Crippen molar-refractivity contribution in [3.8, 4) is 0 Å². The van der Waals surface area contributed by atoms with Gasteiger partial charge in [0.1, 0.15) is 11.4 Å². The lowest BCUT2D eigenvalue weighted by atomic mass is 10.2. The molecule has 1 aliphatic rings. The van der Waals surface area contributed by atoms with Crippen molar-refractivity contribution >= 4 is 23.5 Å². The first-order valence-electron chi connectivity index (χ1n) is 6.69. The summed E-state index contributed by atoms with van der Waals surface area (Å²) in [7, 11) is 0. The number of carbonyl (C=O) groups is 1. The van der Waals surface area contributed by atoms with Crippen LogP contribution in [-0.2, 0) is 4.74 Å². The minimum absolute atomic E-state index is 0.0855. The molecule has 0 bridgehead atoms. The van der Waals surface area contributed by atoms with Crippen LogP contribution in [-0.4, -0.2) is 35.8 Å². The van der Waals surface area contributed by atoms with Crippen molar-refractivity contribution in [2.75, 3.05) is 18.0 Å². The quantitative estimate of drug-likeness (QED) is 0.912. The molecular formula is C14H20ClN3O2. The fourth-order valence-electron chi connectivity index (χ4n) is 2.12. The molecule has 1 N–H and O–H groups in total. The Morgan fingerprint density at radius 2 is 2.25 bits per heavy atom. The summed E-state index contributed by atoms with van der Waals surface area (Å²) < 4.78 is 5.25. The summed E-state index contributed by atoms with van der Waals surface area (Å²) in [5.41, 5.74) is -0.472. The van der Waals surface area contributed by atoms with Gasteiger partial charge in [-0.2, -0.15) is 0 Å². The monoisotopic (exact) mass is 297 g/mol. The molecule has 110 valence electrons. The van der Waals surface area contributed by atoms with Crippen molar-refractivity contribution in [3.05, 3.63) is 23.4 Å². The first-order chi connectivity index (χ1) is 9.33. The normalized spacial score (nSPS) is 19.0. The number of rotatable bonds is 2. The number of alkyl carbamates (subject to hydrolysis) is 1. The van der Waals surface area contributed by atoms with Gasteiger partial charge < -0.3 is 15.0 Å². The van der Waals surface area contributed by atoms with Gasteiger partial charge in [0.05, 0.1) is 11.1 Å². The molecule has 20 heavy (non-hydrogen) atoms. The minimum Gasteiger partial charge on any atom is -0.444 e. The van der Waals surface area contributed by atoms with Gasteiger partial charge in [-0.1, -0.05) is 11.6 Å². The first kappa shape index (κ1) is 14.9. The molecular weight excluding hydrogens is 278 g/mol. The molecule has 2 rings (SSSR count). The molecule has 0 saturated carbocycles. The second-order valence-corrected chi connectivity index (χ2v) is 6.35. The molecule has 1 atom stereocenters. The molecule has 1 aromatic rings. The molecule has 2 heterocycles. The van der Waals surface area contributed by atoms with E-state index in [9.17, 15) is 4.79 Å². The van der Waals surface area contributed by atoms with E-state index in [1.807, 2.05) is 32.9 Å². The van der Waals surface area contributed by atoms with Crippen LogP contribution in [0.15, 0.2) is 18.3 Å². The molecule has 0 aromatic carbocycles. The zero-order valence-corrected chi connectivity index (χ0v) is 12.8. The standard InChI is InChI=1S/C14H20ClN3O2/c1-14(2,3)20-13(19)17-11-6-7-18(9-11)12-5-4-10(15)8-16-12/h4-5,8,11H,6-7,9H2,1-3H3,(H,17,19). The number of hydrogen-bond donors (Lipinski definition) is 1. The third-order valence-electron chi connectivity index (χ3n) is 2.94. The lowest BCUT2D eigenvalue weighted by Crippen LogP contribution is -2.40. The van der Waals surface area contributed by atoms with E-state index < -0.39 is 5.60 Å². The van der Waals surface area contributed by atoms with Gasteiger partial charge in [-0.15, -0.1) is 0 Å². The lowest BCUT2D eigenvalue weighted by Gasteiger charge is -2.22. The number of nitrogens with one attached hydrogen (secondary N) is 1. The second kappa shape index (κ2) is 5.87. The Bertz CT molecular complexity index is 470. The average Bonchev–Trinajstić information content (AvgIpc) is 2.75. The maximum atomic E-state index is 11.7. The SMILES string of the molecule is CC(C)(C)OC(=O)NC1CCN(c2ccc(Cl)cn2)C1. The fraction of sp³-hybridized carbons (Fsp3) is 0.571. The van der Waals surface area contributed by atoms with Crippen molar-refractivity contribution in [1.29, 1.82) is 0 Å². The van der Waals surface area contributed by atoms with E-state index in [0.29, 0.717) is 5.02 Å². The number of anilines is 1. The number of ether oxygens (including phenoxy) is 1. The highest BCUT2D eigenvalue weighted by atomic mass is 35.5. The van der Waals surface area contributed by atoms with E-state index >= 15 is 0 Å². The molecule has 1 amide bonds. The van der Waals surface area contributed by atoms with Crippen LogP contribution in [0.4, 0.5) is 10.6 Å². The van der Waals surface area contributed by atoms with Gasteiger partial charge in [0.15, 0.2) is 0 Å². The van der Waals surface area contributed by atoms with E-state index in [2.05, 4.69) is 15.2 Å². The predicted octanol–water partition coefficient (Wildman–Crippen LogP) is 2.84. The van der Waals surface area contributed by atoms with Crippen molar-refractivity contribution in [2.45, 2.75) is 38.8 Å². The summed E-state index contributed by atoms with van der Waals surface area (Å²) in [5.74, 6) is 0.878. The van der Waals surface area contributed by atoms with Gasteiger partial charge in [0.2, 0.25) is 0 Å². The number of hydrogen-bond acceptors (Lipinski definition) is 4. The van der Waals surface area contributed by atoms with Crippen LogP contribution in [0.3, 0.4) is 0 Å². The van der Waals surface area contributed by atoms with E-state index in [4.69, 9.17) is 16.3 Å². The zero-order chi connectivity index (χ0) is 14.8. The van der Waals surface area contributed by atoms with Crippen LogP contribution in [0.1, 0.15) is 27.2 Å². The summed E-state index contributed by atoms with van der Waals surface area (Å²) in [6, 6.07) is 3.79. The Hall–Kier alpha value is -1.49. The van der Waals surface area contributed by atoms with Gasteiger partial charge in [0, 0.05) is 19.3 Å². The molecule has 0 aliphatic carbocycles. The lowest BCUT2D eigenvalue weighted by molar-refractivity contribution is 0.0509. The fourth-order valence-corrected chi connectivity index (χ4v) is 2.23. The number of aromatic nitrogens is 1. The Balaban J connectivity index is 1.86. The van der Waals surface area contributed by atoms with Crippen molar-refractivity contribution in [2.24, 2.45) is 0 Å². The molecule has 1 saturated heterocycles. The first-order valence-corrected chi connectivity index (χ1v) is 7.07. The summed E-state index contributed by atoms with van der Waals surface area (Å²) >= 11 is 5.82. The van der Waals surface area contributed by atoms with Crippen LogP contribution < -0.4 is 10.2 Å². The zero-order valence-electron chi connectivity index (χ0n) is 12.0. The van der Waals surface area contributed by atoms with E-state index in [0.717, 1.165) is 25.3 Å². The summed E-state index contributed by atoms with van der Waals surface area (Å²) in [6.07, 6.45) is 2.14. The Labute approximate surface area is 124 Å². The molecule has 1 fully saturated rings. The highest BCUT2D eigenvalue weighted by molar-refractivity contribution is 6.30. The Morgan fingerprint density at radius 1 is 1.50 bits per heavy atom. The molecule has 6 heteroatoms. The maximum Gasteiger partial charge on any atom is 0.407 e. The molecule has 0 radical (unpaired) electrons. The third-order valence-corrected chi connectivity index (χ3v) is 3.17. The molecule has 5 nitrogen and oxygen atoms in total. The second-order valence-electron chi connectivity index (χ2n) is 5.91. The summed E-state index contributed by atoms with van der Waals surface area (Å²) in [5, 5.41) is 3.51. The molecule has 1 unspecified atom stereocenters. The van der Waals surface area contributed by atoms with Crippen LogP contribution in [0.2, 0.25) is 5.02 Å². The van der Waals surface area contributed by atoms with Gasteiger partial charge in [-0.3, -0.25) is 0 Å². The number of amides is 1. The number of pyridine rings is 1. The average molecular weight is 298 g/mol. The highest BCUT2D eigenvalue weighted by Crippen LogP contribution is 2.19. The van der Waals surface area contributed by atoms with E-state index in [-0.39, 0.29) is 12.1 Å². The van der Waals surface area contributed by atoms with E-state index in [1.54, 1.807) is 6.20 Å². The molecule has 0 spiro atoms. The van der Waals surface area contributed by atoms with Gasteiger partial charge >= 0.3 is 6.09 Å². The topological polar surface area (TPSA) is 54.5 Å². The summed E-state index contributed by atoms with van der Waals surface area (Å²) in [4.78, 5) is 18.1. The number of halogens is 1. The Kier molecular flexibility index (Phi) is 4.38. The van der Waals surface area contributed by atoms with Gasteiger partial charge in [-0.05, 0) is 39.3 Å². The third kappa shape index (κ3) is 4.27. The molecule has 1 aromatic heterocycles. The van der Waals surface area contributed by atoms with Crippen LogP contribution in [0.5, 0.6) is 0 Å². The van der Waals surface area contributed by atoms with Crippen molar-refractivity contribution in [1.82, 2.24) is 10.3 Å². The number of nitrogens with zero attached hydrogens (tertiary/aromatic N) is 2. The van der Waals surface area contributed by atoms with Crippen LogP contribution >= 0.6 is 11.6 Å².